The molecule has 1 aromatic rings. The molecule has 0 saturated heterocycles. The highest BCUT2D eigenvalue weighted by molar-refractivity contribution is 6.30. The zero-order valence-corrected chi connectivity index (χ0v) is 12.6. The zero-order valence-electron chi connectivity index (χ0n) is 11.8. The van der Waals surface area contributed by atoms with Gasteiger partial charge in [-0.3, -0.25) is 0 Å². The molecule has 1 atom stereocenters. The van der Waals surface area contributed by atoms with E-state index in [0.717, 1.165) is 44.4 Å². The maximum absolute atomic E-state index is 6.06. The van der Waals surface area contributed by atoms with E-state index in [0.29, 0.717) is 5.92 Å². The Morgan fingerprint density at radius 3 is 2.84 bits per heavy atom. The van der Waals surface area contributed by atoms with Crippen molar-refractivity contribution in [2.75, 3.05) is 40.0 Å². The second kappa shape index (κ2) is 10.2. The summed E-state index contributed by atoms with van der Waals surface area (Å²) in [6, 6.07) is 8.07. The Kier molecular flexibility index (Phi) is 8.84. The van der Waals surface area contributed by atoms with Gasteiger partial charge in [-0.1, -0.05) is 23.7 Å². The SMILES string of the molecule is CCOCCC(CNCCOC)c1cccc(Cl)c1. The van der Waals surface area contributed by atoms with E-state index in [1.165, 1.54) is 5.56 Å². The van der Waals surface area contributed by atoms with Crippen LogP contribution in [-0.4, -0.2) is 40.0 Å². The lowest BCUT2D eigenvalue weighted by Crippen LogP contribution is -2.25. The molecule has 0 fully saturated rings. The molecule has 1 aromatic carbocycles. The van der Waals surface area contributed by atoms with Crippen LogP contribution in [0.3, 0.4) is 0 Å². The van der Waals surface area contributed by atoms with Crippen LogP contribution in [0.15, 0.2) is 24.3 Å². The minimum absolute atomic E-state index is 0.419. The first kappa shape index (κ1) is 16.4. The molecule has 0 bridgehead atoms. The van der Waals surface area contributed by atoms with Gasteiger partial charge in [0.25, 0.3) is 0 Å². The van der Waals surface area contributed by atoms with E-state index in [2.05, 4.69) is 11.4 Å². The Morgan fingerprint density at radius 1 is 1.32 bits per heavy atom. The quantitative estimate of drug-likeness (QED) is 0.670. The number of ether oxygens (including phenoxy) is 2. The summed E-state index contributed by atoms with van der Waals surface area (Å²) in [5.74, 6) is 0.419. The number of rotatable bonds is 10. The fraction of sp³-hybridized carbons (Fsp3) is 0.600. The van der Waals surface area contributed by atoms with Gasteiger partial charge in [-0.15, -0.1) is 0 Å². The number of hydrogen-bond donors (Lipinski definition) is 1. The van der Waals surface area contributed by atoms with E-state index in [1.807, 2.05) is 25.1 Å². The van der Waals surface area contributed by atoms with Crippen molar-refractivity contribution in [1.29, 1.82) is 0 Å². The average Bonchev–Trinajstić information content (AvgIpc) is 2.41. The summed E-state index contributed by atoms with van der Waals surface area (Å²) in [6.45, 7) is 6.07. The van der Waals surface area contributed by atoms with Gasteiger partial charge < -0.3 is 14.8 Å². The van der Waals surface area contributed by atoms with Gasteiger partial charge in [0.15, 0.2) is 0 Å². The van der Waals surface area contributed by atoms with Crippen LogP contribution in [0.4, 0.5) is 0 Å². The molecule has 0 radical (unpaired) electrons. The minimum Gasteiger partial charge on any atom is -0.383 e. The third-order valence-electron chi connectivity index (χ3n) is 3.01. The lowest BCUT2D eigenvalue weighted by molar-refractivity contribution is 0.138. The highest BCUT2D eigenvalue weighted by Gasteiger charge is 2.11. The van der Waals surface area contributed by atoms with Gasteiger partial charge in [-0.25, -0.2) is 0 Å². The number of nitrogens with one attached hydrogen (secondary N) is 1. The van der Waals surface area contributed by atoms with Gasteiger partial charge in [-0.05, 0) is 37.0 Å². The first-order valence-corrected chi connectivity index (χ1v) is 7.18. The summed E-state index contributed by atoms with van der Waals surface area (Å²) in [5.41, 5.74) is 1.26. The number of hydrogen-bond acceptors (Lipinski definition) is 3. The lowest BCUT2D eigenvalue weighted by Gasteiger charge is -2.18. The highest BCUT2D eigenvalue weighted by atomic mass is 35.5. The molecule has 0 saturated carbocycles. The normalized spacial score (nSPS) is 12.6. The largest absolute Gasteiger partial charge is 0.383 e. The maximum atomic E-state index is 6.06. The Labute approximate surface area is 121 Å². The molecule has 19 heavy (non-hydrogen) atoms. The van der Waals surface area contributed by atoms with Crippen LogP contribution in [0.2, 0.25) is 5.02 Å². The van der Waals surface area contributed by atoms with Crippen LogP contribution in [0, 0.1) is 0 Å². The van der Waals surface area contributed by atoms with E-state index in [9.17, 15) is 0 Å². The molecule has 0 amide bonds. The molecule has 0 heterocycles. The molecule has 0 aliphatic rings. The van der Waals surface area contributed by atoms with Crippen molar-refractivity contribution in [2.24, 2.45) is 0 Å². The Balaban J connectivity index is 2.52. The van der Waals surface area contributed by atoms with E-state index >= 15 is 0 Å². The molecule has 1 rings (SSSR count). The standard InChI is InChI=1S/C15H24ClNO2/c1-3-19-9-7-14(12-17-8-10-18-2)13-5-4-6-15(16)11-13/h4-6,11,14,17H,3,7-10,12H2,1-2H3. The molecule has 108 valence electrons. The molecular formula is C15H24ClNO2. The van der Waals surface area contributed by atoms with E-state index in [4.69, 9.17) is 21.1 Å². The van der Waals surface area contributed by atoms with Crippen LogP contribution in [0.1, 0.15) is 24.8 Å². The van der Waals surface area contributed by atoms with Gasteiger partial charge in [0.1, 0.15) is 0 Å². The fourth-order valence-electron chi connectivity index (χ4n) is 1.97. The van der Waals surface area contributed by atoms with Gasteiger partial charge in [-0.2, -0.15) is 0 Å². The molecule has 0 aromatic heterocycles. The summed E-state index contributed by atoms with van der Waals surface area (Å²) in [6.07, 6.45) is 0.994. The predicted molar refractivity (Wildman–Crippen MR) is 80.0 cm³/mol. The van der Waals surface area contributed by atoms with E-state index in [-0.39, 0.29) is 0 Å². The third kappa shape index (κ3) is 6.92. The molecule has 3 nitrogen and oxygen atoms in total. The molecular weight excluding hydrogens is 262 g/mol. The second-order valence-corrected chi connectivity index (χ2v) is 4.87. The molecule has 1 unspecified atom stereocenters. The van der Waals surface area contributed by atoms with E-state index < -0.39 is 0 Å². The number of benzene rings is 1. The van der Waals surface area contributed by atoms with Crippen molar-refractivity contribution < 1.29 is 9.47 Å². The van der Waals surface area contributed by atoms with E-state index in [1.54, 1.807) is 7.11 Å². The fourth-order valence-corrected chi connectivity index (χ4v) is 2.17. The zero-order chi connectivity index (χ0) is 13.9. The molecule has 0 aliphatic carbocycles. The summed E-state index contributed by atoms with van der Waals surface area (Å²) < 4.78 is 10.5. The Morgan fingerprint density at radius 2 is 2.16 bits per heavy atom. The topological polar surface area (TPSA) is 30.5 Å². The summed E-state index contributed by atoms with van der Waals surface area (Å²) in [5, 5.41) is 4.20. The van der Waals surface area contributed by atoms with Crippen LogP contribution in [-0.2, 0) is 9.47 Å². The van der Waals surface area contributed by atoms with Gasteiger partial charge >= 0.3 is 0 Å². The van der Waals surface area contributed by atoms with Crippen molar-refractivity contribution in [2.45, 2.75) is 19.3 Å². The lowest BCUT2D eigenvalue weighted by atomic mass is 9.96. The average molecular weight is 286 g/mol. The summed E-state index contributed by atoms with van der Waals surface area (Å²) in [4.78, 5) is 0. The summed E-state index contributed by atoms with van der Waals surface area (Å²) >= 11 is 6.06. The first-order chi connectivity index (χ1) is 9.27. The Hall–Kier alpha value is -0.610. The molecule has 1 N–H and O–H groups in total. The third-order valence-corrected chi connectivity index (χ3v) is 3.24. The number of methoxy groups -OCH3 is 1. The smallest absolute Gasteiger partial charge is 0.0587 e. The molecule has 4 heteroatoms. The van der Waals surface area contributed by atoms with Crippen LogP contribution in [0.25, 0.3) is 0 Å². The minimum atomic E-state index is 0.419. The van der Waals surface area contributed by atoms with Gasteiger partial charge in [0.2, 0.25) is 0 Å². The van der Waals surface area contributed by atoms with Crippen molar-refractivity contribution in [3.8, 4) is 0 Å². The molecule has 0 spiro atoms. The number of halogens is 1. The predicted octanol–water partition coefficient (Wildman–Crippen LogP) is 3.09. The van der Waals surface area contributed by atoms with Crippen LogP contribution < -0.4 is 5.32 Å². The van der Waals surface area contributed by atoms with Gasteiger partial charge in [0.05, 0.1) is 6.61 Å². The van der Waals surface area contributed by atoms with Crippen molar-refractivity contribution in [3.63, 3.8) is 0 Å². The van der Waals surface area contributed by atoms with Crippen molar-refractivity contribution in [3.05, 3.63) is 34.9 Å². The highest BCUT2D eigenvalue weighted by Crippen LogP contribution is 2.22. The maximum Gasteiger partial charge on any atom is 0.0587 e. The first-order valence-electron chi connectivity index (χ1n) is 6.80. The van der Waals surface area contributed by atoms with Crippen molar-refractivity contribution >= 4 is 11.6 Å². The van der Waals surface area contributed by atoms with Gasteiger partial charge in [0, 0.05) is 38.4 Å². The monoisotopic (exact) mass is 285 g/mol. The van der Waals surface area contributed by atoms with Crippen molar-refractivity contribution in [1.82, 2.24) is 5.32 Å². The van der Waals surface area contributed by atoms with Crippen LogP contribution in [0.5, 0.6) is 0 Å². The van der Waals surface area contributed by atoms with Crippen LogP contribution >= 0.6 is 11.6 Å². The summed E-state index contributed by atoms with van der Waals surface area (Å²) in [7, 11) is 1.71. The second-order valence-electron chi connectivity index (χ2n) is 4.43. The molecule has 0 aliphatic heterocycles. The Bertz CT molecular complexity index is 347.